The van der Waals surface area contributed by atoms with E-state index in [-0.39, 0.29) is 5.91 Å². The molecule has 0 aromatic carbocycles. The van der Waals surface area contributed by atoms with Gasteiger partial charge < -0.3 is 10.2 Å². The van der Waals surface area contributed by atoms with Crippen LogP contribution in [0.3, 0.4) is 0 Å². The summed E-state index contributed by atoms with van der Waals surface area (Å²) >= 11 is 0. The van der Waals surface area contributed by atoms with Crippen LogP contribution in [0.25, 0.3) is 0 Å². The zero-order chi connectivity index (χ0) is 13.5. The fourth-order valence-electron chi connectivity index (χ4n) is 2.45. The lowest BCUT2D eigenvalue weighted by atomic mass is 10.0. The summed E-state index contributed by atoms with van der Waals surface area (Å²) in [5.41, 5.74) is 1.23. The molecular weight excluding hydrogens is 238 g/mol. The Bertz CT molecular complexity index is 388. The summed E-state index contributed by atoms with van der Waals surface area (Å²) in [4.78, 5) is 17.9. The van der Waals surface area contributed by atoms with Crippen molar-refractivity contribution in [1.29, 1.82) is 0 Å². The van der Waals surface area contributed by atoms with Gasteiger partial charge in [0.25, 0.3) is 0 Å². The first-order chi connectivity index (χ1) is 9.25. The summed E-state index contributed by atoms with van der Waals surface area (Å²) in [6, 6.07) is 4.00. The number of pyridine rings is 1. The zero-order valence-corrected chi connectivity index (χ0v) is 11.6. The first kappa shape index (κ1) is 14.0. The maximum atomic E-state index is 12.0. The highest BCUT2D eigenvalue weighted by Crippen LogP contribution is 2.15. The predicted octanol–water partition coefficient (Wildman–Crippen LogP) is 1.47. The largest absolute Gasteiger partial charge is 0.345 e. The second-order valence-corrected chi connectivity index (χ2v) is 5.32. The van der Waals surface area contributed by atoms with Gasteiger partial charge in [-0.3, -0.25) is 9.78 Å². The quantitative estimate of drug-likeness (QED) is 0.843. The van der Waals surface area contributed by atoms with Gasteiger partial charge in [0.15, 0.2) is 0 Å². The Morgan fingerprint density at radius 3 is 2.95 bits per heavy atom. The third kappa shape index (κ3) is 4.63. The highest BCUT2D eigenvalue weighted by Gasteiger charge is 2.17. The molecule has 0 saturated carbocycles. The van der Waals surface area contributed by atoms with Crippen molar-refractivity contribution in [3.63, 3.8) is 0 Å². The van der Waals surface area contributed by atoms with Crippen molar-refractivity contribution in [2.24, 2.45) is 5.92 Å². The van der Waals surface area contributed by atoms with Crippen molar-refractivity contribution in [3.05, 3.63) is 30.1 Å². The number of nitrogens with one attached hydrogen (secondary N) is 1. The summed E-state index contributed by atoms with van der Waals surface area (Å²) in [6.07, 6.45) is 7.41. The summed E-state index contributed by atoms with van der Waals surface area (Å²) in [5, 5.41) is 3.34. The SMILES string of the molecule is CN(CCc1ccncc1)C(=O)CCC1CCNC1. The molecule has 4 heteroatoms. The first-order valence-corrected chi connectivity index (χ1v) is 7.09. The van der Waals surface area contributed by atoms with Crippen molar-refractivity contribution in [2.75, 3.05) is 26.7 Å². The highest BCUT2D eigenvalue weighted by atomic mass is 16.2. The van der Waals surface area contributed by atoms with Crippen LogP contribution in [-0.4, -0.2) is 42.5 Å². The van der Waals surface area contributed by atoms with Gasteiger partial charge >= 0.3 is 0 Å². The monoisotopic (exact) mass is 261 g/mol. The minimum absolute atomic E-state index is 0.265. The standard InChI is InChI=1S/C15H23N3O/c1-18(11-7-13-4-8-16-9-5-13)15(19)3-2-14-6-10-17-12-14/h4-5,8-9,14,17H,2-3,6-7,10-12H2,1H3. The number of hydrogen-bond donors (Lipinski definition) is 1. The summed E-state index contributed by atoms with van der Waals surface area (Å²) in [6.45, 7) is 2.97. The maximum Gasteiger partial charge on any atom is 0.222 e. The molecule has 1 fully saturated rings. The van der Waals surface area contributed by atoms with Gasteiger partial charge in [0.1, 0.15) is 0 Å². The average Bonchev–Trinajstić information content (AvgIpc) is 2.96. The number of carbonyl (C=O) groups excluding carboxylic acids is 1. The third-order valence-electron chi connectivity index (χ3n) is 3.84. The zero-order valence-electron chi connectivity index (χ0n) is 11.6. The Morgan fingerprint density at radius 2 is 2.26 bits per heavy atom. The summed E-state index contributed by atoms with van der Waals surface area (Å²) in [7, 11) is 1.90. The van der Waals surface area contributed by atoms with E-state index in [1.54, 1.807) is 12.4 Å². The predicted molar refractivity (Wildman–Crippen MR) is 75.8 cm³/mol. The van der Waals surface area contributed by atoms with Crippen molar-refractivity contribution in [2.45, 2.75) is 25.7 Å². The van der Waals surface area contributed by atoms with E-state index < -0.39 is 0 Å². The smallest absolute Gasteiger partial charge is 0.222 e. The molecular formula is C15H23N3O. The van der Waals surface area contributed by atoms with Crippen LogP contribution in [0.2, 0.25) is 0 Å². The molecule has 0 bridgehead atoms. The van der Waals surface area contributed by atoms with Gasteiger partial charge in [-0.1, -0.05) is 0 Å². The summed E-state index contributed by atoms with van der Waals surface area (Å²) < 4.78 is 0. The van der Waals surface area contributed by atoms with Gasteiger partial charge in [0.05, 0.1) is 0 Å². The van der Waals surface area contributed by atoms with Crippen LogP contribution in [0, 0.1) is 5.92 Å². The first-order valence-electron chi connectivity index (χ1n) is 7.09. The van der Waals surface area contributed by atoms with Crippen molar-refractivity contribution in [3.8, 4) is 0 Å². The molecule has 1 atom stereocenters. The van der Waals surface area contributed by atoms with E-state index >= 15 is 0 Å². The molecule has 1 aromatic rings. The van der Waals surface area contributed by atoms with Gasteiger partial charge in [-0.25, -0.2) is 0 Å². The molecule has 1 amide bonds. The molecule has 4 nitrogen and oxygen atoms in total. The normalized spacial score (nSPS) is 18.5. The Morgan fingerprint density at radius 1 is 1.47 bits per heavy atom. The van der Waals surface area contributed by atoms with E-state index in [4.69, 9.17) is 0 Å². The second kappa shape index (κ2) is 7.24. The molecule has 1 aliphatic rings. The summed E-state index contributed by atoms with van der Waals surface area (Å²) in [5.74, 6) is 0.957. The highest BCUT2D eigenvalue weighted by molar-refractivity contribution is 5.75. The number of carbonyl (C=O) groups is 1. The van der Waals surface area contributed by atoms with Gasteiger partial charge in [-0.15, -0.1) is 0 Å². The Balaban J connectivity index is 1.67. The van der Waals surface area contributed by atoms with Crippen LogP contribution < -0.4 is 5.32 Å². The molecule has 2 rings (SSSR count). The molecule has 1 aliphatic heterocycles. The fourth-order valence-corrected chi connectivity index (χ4v) is 2.45. The van der Waals surface area contributed by atoms with E-state index in [1.807, 2.05) is 24.1 Å². The van der Waals surface area contributed by atoms with Crippen molar-refractivity contribution in [1.82, 2.24) is 15.2 Å². The van der Waals surface area contributed by atoms with E-state index in [0.29, 0.717) is 12.3 Å². The number of hydrogen-bond acceptors (Lipinski definition) is 3. The lowest BCUT2D eigenvalue weighted by Gasteiger charge is -2.18. The molecule has 2 heterocycles. The van der Waals surface area contributed by atoms with Crippen molar-refractivity contribution >= 4 is 5.91 Å². The van der Waals surface area contributed by atoms with Crippen LogP contribution in [0.15, 0.2) is 24.5 Å². The number of likely N-dealkylation sites (N-methyl/N-ethyl adjacent to an activating group) is 1. The number of aromatic nitrogens is 1. The lowest BCUT2D eigenvalue weighted by molar-refractivity contribution is -0.130. The van der Waals surface area contributed by atoms with E-state index in [2.05, 4.69) is 10.3 Å². The van der Waals surface area contributed by atoms with Gasteiger partial charge in [0.2, 0.25) is 5.91 Å². The molecule has 19 heavy (non-hydrogen) atoms. The number of rotatable bonds is 6. The van der Waals surface area contributed by atoms with Crippen LogP contribution >= 0.6 is 0 Å². The average molecular weight is 261 g/mol. The van der Waals surface area contributed by atoms with E-state index in [1.165, 1.54) is 12.0 Å². The van der Waals surface area contributed by atoms with Crippen LogP contribution in [0.1, 0.15) is 24.8 Å². The molecule has 1 N–H and O–H groups in total. The minimum Gasteiger partial charge on any atom is -0.345 e. The lowest BCUT2D eigenvalue weighted by Crippen LogP contribution is -2.29. The van der Waals surface area contributed by atoms with E-state index in [9.17, 15) is 4.79 Å². The Kier molecular flexibility index (Phi) is 5.33. The fraction of sp³-hybridized carbons (Fsp3) is 0.600. The van der Waals surface area contributed by atoms with Crippen LogP contribution in [0.4, 0.5) is 0 Å². The Hall–Kier alpha value is -1.42. The number of amides is 1. The van der Waals surface area contributed by atoms with Gasteiger partial charge in [-0.2, -0.15) is 0 Å². The third-order valence-corrected chi connectivity index (χ3v) is 3.84. The Labute approximate surface area is 115 Å². The second-order valence-electron chi connectivity index (χ2n) is 5.32. The molecule has 0 spiro atoms. The molecule has 1 saturated heterocycles. The van der Waals surface area contributed by atoms with Gasteiger partial charge in [0, 0.05) is 32.4 Å². The molecule has 104 valence electrons. The van der Waals surface area contributed by atoms with Crippen LogP contribution in [-0.2, 0) is 11.2 Å². The molecule has 1 aromatic heterocycles. The maximum absolute atomic E-state index is 12.0. The van der Waals surface area contributed by atoms with Crippen LogP contribution in [0.5, 0.6) is 0 Å². The van der Waals surface area contributed by atoms with Crippen molar-refractivity contribution < 1.29 is 4.79 Å². The number of nitrogens with zero attached hydrogens (tertiary/aromatic N) is 2. The molecule has 0 aliphatic carbocycles. The van der Waals surface area contributed by atoms with Gasteiger partial charge in [-0.05, 0) is 56.0 Å². The molecule has 1 unspecified atom stereocenters. The van der Waals surface area contributed by atoms with E-state index in [0.717, 1.165) is 32.5 Å². The molecule has 0 radical (unpaired) electrons. The minimum atomic E-state index is 0.265. The topological polar surface area (TPSA) is 45.2 Å².